The van der Waals surface area contributed by atoms with Crippen LogP contribution in [0.25, 0.3) is 0 Å². The van der Waals surface area contributed by atoms with E-state index in [-0.39, 0.29) is 48.4 Å². The van der Waals surface area contributed by atoms with Crippen LogP contribution in [0.15, 0.2) is 24.5 Å². The molecule has 0 aliphatic carbocycles. The number of hydrogen-bond acceptors (Lipinski definition) is 7. The monoisotopic (exact) mass is 564 g/mol. The van der Waals surface area contributed by atoms with Crippen molar-refractivity contribution in [2.45, 2.75) is 91.4 Å². The second kappa shape index (κ2) is 18.2. The normalized spacial score (nSPS) is 14.9. The zero-order valence-electron chi connectivity index (χ0n) is 24.7. The Bertz CT molecular complexity index is 942. The largest absolute Gasteiger partial charge is 0.619 e. The average molecular weight is 565 g/mol. The molecule has 5 atom stereocenters. The molecular formula is C28H48N6O6. The Hall–Kier alpha value is -3.25. The maximum absolute atomic E-state index is 13.4. The molecule has 0 aromatic carbocycles. The lowest BCUT2D eigenvalue weighted by molar-refractivity contribution is -0.605. The number of rotatable bonds is 18. The van der Waals surface area contributed by atoms with Crippen LogP contribution in [0.3, 0.4) is 0 Å². The Balaban J connectivity index is 2.99. The SMILES string of the molecule is CCC[C@H](NC(=O)[C@@H](NC(=O)c1cc[n+]([O-])cc1)[C@@H](C)CC)C(=O)N[C@H](CN[C@@H](CO)C(=O)NCC)CC(C)C. The molecule has 40 heavy (non-hydrogen) atoms. The van der Waals surface area contributed by atoms with E-state index in [1.807, 2.05) is 34.6 Å². The first kappa shape index (κ1) is 34.8. The summed E-state index contributed by atoms with van der Waals surface area (Å²) in [4.78, 5) is 51.7. The summed E-state index contributed by atoms with van der Waals surface area (Å²) in [5.41, 5.74) is 0.244. The van der Waals surface area contributed by atoms with Gasteiger partial charge in [0.1, 0.15) is 18.1 Å². The first-order valence-corrected chi connectivity index (χ1v) is 14.2. The zero-order valence-corrected chi connectivity index (χ0v) is 24.7. The van der Waals surface area contributed by atoms with E-state index in [4.69, 9.17) is 0 Å². The zero-order chi connectivity index (χ0) is 30.2. The van der Waals surface area contributed by atoms with Gasteiger partial charge in [0.2, 0.25) is 17.7 Å². The summed E-state index contributed by atoms with van der Waals surface area (Å²) in [7, 11) is 0. The van der Waals surface area contributed by atoms with Crippen molar-refractivity contribution in [1.82, 2.24) is 26.6 Å². The molecule has 1 heterocycles. The molecule has 0 bridgehead atoms. The van der Waals surface area contributed by atoms with Crippen molar-refractivity contribution >= 4 is 23.6 Å². The number of hydrogen-bond donors (Lipinski definition) is 6. The number of carbonyl (C=O) groups is 4. The molecule has 0 radical (unpaired) electrons. The van der Waals surface area contributed by atoms with Crippen LogP contribution in [0.2, 0.25) is 0 Å². The number of nitrogens with zero attached hydrogens (tertiary/aromatic N) is 1. The summed E-state index contributed by atoms with van der Waals surface area (Å²) in [6.45, 7) is 11.8. The highest BCUT2D eigenvalue weighted by Crippen LogP contribution is 2.11. The summed E-state index contributed by atoms with van der Waals surface area (Å²) in [5, 5.41) is 35.2. The molecule has 0 fully saturated rings. The van der Waals surface area contributed by atoms with Gasteiger partial charge in [0, 0.05) is 31.3 Å². The van der Waals surface area contributed by atoms with Crippen LogP contribution < -0.4 is 31.3 Å². The topological polar surface area (TPSA) is 176 Å². The molecule has 6 N–H and O–H groups in total. The fourth-order valence-electron chi connectivity index (χ4n) is 4.20. The number of aromatic nitrogens is 1. The lowest BCUT2D eigenvalue weighted by Gasteiger charge is -2.28. The molecule has 4 amide bonds. The predicted molar refractivity (Wildman–Crippen MR) is 152 cm³/mol. The van der Waals surface area contributed by atoms with Crippen molar-refractivity contribution in [2.24, 2.45) is 11.8 Å². The molecular weight excluding hydrogens is 516 g/mol. The number of aliphatic hydroxyl groups is 1. The molecule has 1 aromatic rings. The van der Waals surface area contributed by atoms with Gasteiger partial charge in [0.15, 0.2) is 12.4 Å². The fraction of sp³-hybridized carbons (Fsp3) is 0.679. The lowest BCUT2D eigenvalue weighted by atomic mass is 9.97. The third-order valence-electron chi connectivity index (χ3n) is 6.62. The van der Waals surface area contributed by atoms with E-state index in [1.165, 1.54) is 24.5 Å². The molecule has 0 aliphatic rings. The summed E-state index contributed by atoms with van der Waals surface area (Å²) in [6, 6.07) is -0.127. The first-order valence-electron chi connectivity index (χ1n) is 14.2. The Morgan fingerprint density at radius 3 is 2.10 bits per heavy atom. The molecule has 226 valence electrons. The maximum Gasteiger partial charge on any atom is 0.252 e. The fourth-order valence-corrected chi connectivity index (χ4v) is 4.20. The van der Waals surface area contributed by atoms with Crippen molar-refractivity contribution in [3.05, 3.63) is 35.3 Å². The number of aliphatic hydroxyl groups excluding tert-OH is 1. The van der Waals surface area contributed by atoms with Gasteiger partial charge in [0.25, 0.3) is 5.91 Å². The van der Waals surface area contributed by atoms with Crippen molar-refractivity contribution < 1.29 is 29.0 Å². The summed E-state index contributed by atoms with van der Waals surface area (Å²) < 4.78 is 0.565. The highest BCUT2D eigenvalue weighted by Gasteiger charge is 2.31. The molecule has 1 aromatic heterocycles. The van der Waals surface area contributed by atoms with Crippen LogP contribution >= 0.6 is 0 Å². The smallest absolute Gasteiger partial charge is 0.252 e. The third-order valence-corrected chi connectivity index (χ3v) is 6.62. The van der Waals surface area contributed by atoms with Crippen LogP contribution in [0.5, 0.6) is 0 Å². The van der Waals surface area contributed by atoms with Gasteiger partial charge in [-0.3, -0.25) is 19.2 Å². The second-order valence-electron chi connectivity index (χ2n) is 10.5. The average Bonchev–Trinajstić information content (AvgIpc) is 2.91. The third kappa shape index (κ3) is 11.9. The highest BCUT2D eigenvalue weighted by atomic mass is 16.5. The van der Waals surface area contributed by atoms with Crippen molar-refractivity contribution in [3.63, 3.8) is 0 Å². The van der Waals surface area contributed by atoms with E-state index < -0.39 is 29.9 Å². The van der Waals surface area contributed by atoms with E-state index in [0.29, 0.717) is 37.0 Å². The standard InChI is InChI=1S/C28H48N6O6/c1-7-10-22(27(38)31-21(15-18(4)5)16-30-23(17-35)26(37)29-9-3)32-28(39)24(19(6)8-2)33-25(36)20-11-13-34(40)14-12-20/h11-14,18-19,21-24,30,35H,7-10,15-17H2,1-6H3,(H,29,37)(H,31,38)(H,32,39)(H,33,36)/t19-,21-,22-,23-,24-/m0/s1. The minimum atomic E-state index is -0.889. The van der Waals surface area contributed by atoms with E-state index in [0.717, 1.165) is 0 Å². The van der Waals surface area contributed by atoms with Crippen molar-refractivity contribution in [3.8, 4) is 0 Å². The van der Waals surface area contributed by atoms with Crippen LogP contribution in [0, 0.1) is 17.0 Å². The van der Waals surface area contributed by atoms with Gasteiger partial charge < -0.3 is 36.9 Å². The number of nitrogens with one attached hydrogen (secondary N) is 5. The number of carbonyl (C=O) groups excluding carboxylic acids is 4. The first-order chi connectivity index (χ1) is 19.0. The van der Waals surface area contributed by atoms with E-state index in [2.05, 4.69) is 26.6 Å². The molecule has 0 unspecified atom stereocenters. The molecule has 0 saturated heterocycles. The highest BCUT2D eigenvalue weighted by molar-refractivity contribution is 5.98. The summed E-state index contributed by atoms with van der Waals surface area (Å²) in [6.07, 6.45) is 4.66. The predicted octanol–water partition coefficient (Wildman–Crippen LogP) is 0.367. The Morgan fingerprint density at radius 1 is 0.925 bits per heavy atom. The Morgan fingerprint density at radius 2 is 1.57 bits per heavy atom. The summed E-state index contributed by atoms with van der Waals surface area (Å²) in [5.74, 6) is -1.63. The van der Waals surface area contributed by atoms with Crippen LogP contribution in [-0.4, -0.2) is 72.6 Å². The molecule has 0 spiro atoms. The summed E-state index contributed by atoms with van der Waals surface area (Å²) >= 11 is 0. The lowest BCUT2D eigenvalue weighted by Crippen LogP contribution is -2.58. The molecule has 1 rings (SSSR count). The second-order valence-corrected chi connectivity index (χ2v) is 10.5. The van der Waals surface area contributed by atoms with Gasteiger partial charge >= 0.3 is 0 Å². The van der Waals surface area contributed by atoms with E-state index in [9.17, 15) is 29.5 Å². The quantitative estimate of drug-likeness (QED) is 0.110. The van der Waals surface area contributed by atoms with Crippen LogP contribution in [0.1, 0.15) is 77.6 Å². The maximum atomic E-state index is 13.4. The van der Waals surface area contributed by atoms with E-state index >= 15 is 0 Å². The van der Waals surface area contributed by atoms with Gasteiger partial charge in [-0.2, -0.15) is 4.73 Å². The molecule has 12 nitrogen and oxygen atoms in total. The Kier molecular flexibility index (Phi) is 15.8. The van der Waals surface area contributed by atoms with Crippen LogP contribution in [0.4, 0.5) is 0 Å². The number of amides is 4. The number of pyridine rings is 1. The minimum absolute atomic E-state index is 0.218. The number of likely N-dealkylation sites (N-methyl/N-ethyl adjacent to an activating group) is 1. The minimum Gasteiger partial charge on any atom is -0.619 e. The van der Waals surface area contributed by atoms with Gasteiger partial charge in [0.05, 0.1) is 12.2 Å². The van der Waals surface area contributed by atoms with E-state index in [1.54, 1.807) is 6.92 Å². The van der Waals surface area contributed by atoms with Crippen molar-refractivity contribution in [2.75, 3.05) is 19.7 Å². The van der Waals surface area contributed by atoms with Crippen LogP contribution in [-0.2, 0) is 14.4 Å². The molecule has 12 heteroatoms. The van der Waals surface area contributed by atoms with Gasteiger partial charge in [-0.1, -0.05) is 47.5 Å². The Labute approximate surface area is 237 Å². The van der Waals surface area contributed by atoms with Gasteiger partial charge in [-0.05, 0) is 31.6 Å². The molecule has 0 saturated carbocycles. The van der Waals surface area contributed by atoms with Gasteiger partial charge in [-0.25, -0.2) is 0 Å². The van der Waals surface area contributed by atoms with Crippen molar-refractivity contribution in [1.29, 1.82) is 0 Å². The molecule has 0 aliphatic heterocycles. The van der Waals surface area contributed by atoms with Gasteiger partial charge in [-0.15, -0.1) is 0 Å².